The lowest BCUT2D eigenvalue weighted by molar-refractivity contribution is 0.102. The number of pyridine rings is 2. The Balaban J connectivity index is 1.49. The van der Waals surface area contributed by atoms with Crippen molar-refractivity contribution >= 4 is 28.7 Å². The van der Waals surface area contributed by atoms with Crippen molar-refractivity contribution in [3.05, 3.63) is 70.9 Å². The number of amides is 1. The Bertz CT molecular complexity index is 1190. The zero-order chi connectivity index (χ0) is 24.6. The van der Waals surface area contributed by atoms with E-state index in [4.69, 9.17) is 10.5 Å². The molecule has 10 heteroatoms. The van der Waals surface area contributed by atoms with Crippen LogP contribution >= 0.6 is 0 Å². The lowest BCUT2D eigenvalue weighted by Crippen LogP contribution is -2.44. The lowest BCUT2D eigenvalue weighted by Gasteiger charge is -2.34. The van der Waals surface area contributed by atoms with E-state index in [1.54, 1.807) is 24.5 Å². The molecule has 0 spiro atoms. The summed E-state index contributed by atoms with van der Waals surface area (Å²) in [5.74, 6) is 0.0378. The minimum atomic E-state index is -0.517. The van der Waals surface area contributed by atoms with Gasteiger partial charge in [-0.2, -0.15) is 0 Å². The second kappa shape index (κ2) is 11.5. The molecule has 2 aromatic heterocycles. The first-order valence-corrected chi connectivity index (χ1v) is 11.7. The minimum absolute atomic E-state index is 0.0348. The molecule has 10 nitrogen and oxygen atoms in total. The van der Waals surface area contributed by atoms with Crippen molar-refractivity contribution in [2.24, 2.45) is 5.73 Å². The molecule has 4 rings (SSSR count). The first-order chi connectivity index (χ1) is 17.0. The number of aromatic nitrogens is 2. The topological polar surface area (TPSA) is 129 Å². The molecule has 0 bridgehead atoms. The van der Waals surface area contributed by atoms with E-state index in [9.17, 15) is 9.59 Å². The number of carbonyl (C=O) groups is 1. The zero-order valence-electron chi connectivity index (χ0n) is 19.8. The number of hydrogen-bond donors (Lipinski definition) is 4. The molecule has 184 valence electrons. The summed E-state index contributed by atoms with van der Waals surface area (Å²) >= 11 is 0. The number of likely N-dealkylation sites (N-methyl/N-ethyl adjacent to an activating group) is 1. The first-order valence-electron chi connectivity index (χ1n) is 11.7. The monoisotopic (exact) mass is 477 g/mol. The van der Waals surface area contributed by atoms with E-state index in [0.29, 0.717) is 42.4 Å². The largest absolute Gasteiger partial charge is 0.491 e. The number of nitrogens with one attached hydrogen (secondary N) is 3. The van der Waals surface area contributed by atoms with Gasteiger partial charge in [0.15, 0.2) is 0 Å². The molecule has 1 amide bonds. The average molecular weight is 478 g/mol. The molecular weight excluding hydrogens is 446 g/mol. The summed E-state index contributed by atoms with van der Waals surface area (Å²) in [6.07, 6.45) is 5.38. The molecule has 5 N–H and O–H groups in total. The summed E-state index contributed by atoms with van der Waals surface area (Å²) in [6.45, 7) is 4.92. The van der Waals surface area contributed by atoms with E-state index in [1.807, 2.05) is 24.3 Å². The van der Waals surface area contributed by atoms with Crippen molar-refractivity contribution in [3.8, 4) is 5.75 Å². The van der Waals surface area contributed by atoms with Gasteiger partial charge in [0, 0.05) is 56.0 Å². The van der Waals surface area contributed by atoms with E-state index >= 15 is 0 Å². The van der Waals surface area contributed by atoms with Gasteiger partial charge in [0.1, 0.15) is 11.3 Å². The molecular formula is C25H31N7O3. The maximum Gasteiger partial charge on any atom is 0.263 e. The number of ether oxygens (including phenoxy) is 1. The SMILES string of the molecule is CN1CCN(c2ccc(NC(=O)c3c(Nc4cnccc4OCCCN)cc[nH]c3=O)cc2)CC1. The summed E-state index contributed by atoms with van der Waals surface area (Å²) in [4.78, 5) is 37.1. The number of H-pyrrole nitrogens is 1. The van der Waals surface area contributed by atoms with Crippen LogP contribution < -0.4 is 31.6 Å². The number of benzene rings is 1. The van der Waals surface area contributed by atoms with Gasteiger partial charge in [-0.05, 0) is 50.3 Å². The summed E-state index contributed by atoms with van der Waals surface area (Å²) < 4.78 is 5.77. The molecule has 0 radical (unpaired) electrons. The molecule has 0 saturated carbocycles. The van der Waals surface area contributed by atoms with Crippen LogP contribution in [0.2, 0.25) is 0 Å². The normalized spacial score (nSPS) is 13.9. The van der Waals surface area contributed by atoms with Gasteiger partial charge in [-0.15, -0.1) is 0 Å². The summed E-state index contributed by atoms with van der Waals surface area (Å²) in [7, 11) is 2.12. The predicted molar refractivity (Wildman–Crippen MR) is 138 cm³/mol. The Hall–Kier alpha value is -3.89. The van der Waals surface area contributed by atoms with Gasteiger partial charge in [0.25, 0.3) is 11.5 Å². The molecule has 0 aliphatic carbocycles. The highest BCUT2D eigenvalue weighted by Gasteiger charge is 2.19. The first kappa shape index (κ1) is 24.2. The van der Waals surface area contributed by atoms with E-state index in [2.05, 4.69) is 37.4 Å². The molecule has 35 heavy (non-hydrogen) atoms. The van der Waals surface area contributed by atoms with Gasteiger partial charge in [-0.1, -0.05) is 0 Å². The standard InChI is InChI=1S/C25H31N7O3/c1-31-12-14-32(15-13-31)19-5-3-18(4-6-19)29-25(34)23-20(7-11-28-24(23)33)30-21-17-27-10-8-22(21)35-16-2-9-26/h3-8,10-11,17H,2,9,12-16,26H2,1H3,(H,29,34)(H2,28,30,33). The van der Waals surface area contributed by atoms with Crippen LogP contribution in [0.5, 0.6) is 5.75 Å². The van der Waals surface area contributed by atoms with E-state index in [0.717, 1.165) is 31.9 Å². The van der Waals surface area contributed by atoms with Crippen LogP contribution in [0.25, 0.3) is 0 Å². The number of nitrogens with two attached hydrogens (primary N) is 1. The maximum absolute atomic E-state index is 13.1. The summed E-state index contributed by atoms with van der Waals surface area (Å²) in [6, 6.07) is 11.0. The number of piperazine rings is 1. The van der Waals surface area contributed by atoms with Crippen LogP contribution in [0, 0.1) is 0 Å². The second-order valence-electron chi connectivity index (χ2n) is 8.37. The Morgan fingerprint density at radius 3 is 2.63 bits per heavy atom. The van der Waals surface area contributed by atoms with Crippen LogP contribution in [0.4, 0.5) is 22.7 Å². The van der Waals surface area contributed by atoms with E-state index in [1.165, 1.54) is 6.20 Å². The summed E-state index contributed by atoms with van der Waals surface area (Å²) in [5, 5.41) is 5.95. The highest BCUT2D eigenvalue weighted by molar-refractivity contribution is 6.08. The van der Waals surface area contributed by atoms with Crippen LogP contribution in [0.1, 0.15) is 16.8 Å². The van der Waals surface area contributed by atoms with E-state index in [-0.39, 0.29) is 5.56 Å². The van der Waals surface area contributed by atoms with Crippen molar-refractivity contribution in [3.63, 3.8) is 0 Å². The van der Waals surface area contributed by atoms with Crippen LogP contribution in [0.15, 0.2) is 59.8 Å². The van der Waals surface area contributed by atoms with Crippen LogP contribution in [-0.2, 0) is 0 Å². The Morgan fingerprint density at radius 1 is 1.11 bits per heavy atom. The fraction of sp³-hybridized carbons (Fsp3) is 0.320. The molecule has 1 saturated heterocycles. The van der Waals surface area contributed by atoms with Crippen molar-refractivity contribution in [2.45, 2.75) is 6.42 Å². The number of carbonyl (C=O) groups excluding carboxylic acids is 1. The highest BCUT2D eigenvalue weighted by Crippen LogP contribution is 2.28. The van der Waals surface area contributed by atoms with Crippen LogP contribution in [-0.4, -0.2) is 67.2 Å². The fourth-order valence-corrected chi connectivity index (χ4v) is 3.83. The number of nitrogens with zero attached hydrogens (tertiary/aromatic N) is 3. The smallest absolute Gasteiger partial charge is 0.263 e. The quantitative estimate of drug-likeness (QED) is 0.346. The summed E-state index contributed by atoms with van der Waals surface area (Å²) in [5.41, 5.74) is 7.60. The molecule has 0 unspecified atom stereocenters. The third-order valence-corrected chi connectivity index (χ3v) is 5.84. The Labute approximate surface area is 204 Å². The third-order valence-electron chi connectivity index (χ3n) is 5.84. The van der Waals surface area contributed by atoms with Gasteiger partial charge in [-0.3, -0.25) is 14.6 Å². The molecule has 1 aliphatic heterocycles. The number of anilines is 4. The molecule has 3 aromatic rings. The molecule has 1 aromatic carbocycles. The zero-order valence-corrected chi connectivity index (χ0v) is 19.8. The van der Waals surface area contributed by atoms with Gasteiger partial charge in [0.05, 0.1) is 24.2 Å². The predicted octanol–water partition coefficient (Wildman–Crippen LogP) is 2.25. The van der Waals surface area contributed by atoms with Gasteiger partial charge >= 0.3 is 0 Å². The minimum Gasteiger partial charge on any atom is -0.491 e. The van der Waals surface area contributed by atoms with Crippen molar-refractivity contribution in [1.82, 2.24) is 14.9 Å². The molecule has 1 aliphatic rings. The second-order valence-corrected chi connectivity index (χ2v) is 8.37. The van der Waals surface area contributed by atoms with E-state index < -0.39 is 11.5 Å². The van der Waals surface area contributed by atoms with Crippen molar-refractivity contribution in [1.29, 1.82) is 0 Å². The van der Waals surface area contributed by atoms with Gasteiger partial charge in [-0.25, -0.2) is 0 Å². The lowest BCUT2D eigenvalue weighted by atomic mass is 10.2. The molecule has 1 fully saturated rings. The number of hydrogen-bond acceptors (Lipinski definition) is 8. The third kappa shape index (κ3) is 6.17. The van der Waals surface area contributed by atoms with Gasteiger partial charge in [0.2, 0.25) is 0 Å². The molecule has 0 atom stereocenters. The number of rotatable bonds is 9. The van der Waals surface area contributed by atoms with Gasteiger partial charge < -0.3 is 35.9 Å². The molecule has 3 heterocycles. The highest BCUT2D eigenvalue weighted by atomic mass is 16.5. The maximum atomic E-state index is 13.1. The average Bonchev–Trinajstić information content (AvgIpc) is 2.86. The van der Waals surface area contributed by atoms with Crippen molar-refractivity contribution in [2.75, 3.05) is 61.9 Å². The van der Waals surface area contributed by atoms with Crippen molar-refractivity contribution < 1.29 is 9.53 Å². The Kier molecular flexibility index (Phi) is 7.96. The fourth-order valence-electron chi connectivity index (χ4n) is 3.83. The number of aromatic amines is 1. The van der Waals surface area contributed by atoms with Crippen LogP contribution in [0.3, 0.4) is 0 Å². The Morgan fingerprint density at radius 2 is 1.89 bits per heavy atom.